The van der Waals surface area contributed by atoms with Crippen LogP contribution in [0.4, 0.5) is 0 Å². The number of aryl methyl sites for hydroxylation is 1. The molecule has 2 nitrogen and oxygen atoms in total. The van der Waals surface area contributed by atoms with Gasteiger partial charge in [0.25, 0.3) is 0 Å². The molecule has 0 amide bonds. The minimum Gasteiger partial charge on any atom is -0.485 e. The minimum absolute atomic E-state index is 0.558. The van der Waals surface area contributed by atoms with Crippen LogP contribution < -0.4 is 9.47 Å². The van der Waals surface area contributed by atoms with Gasteiger partial charge in [-0.1, -0.05) is 38.8 Å². The van der Waals surface area contributed by atoms with E-state index >= 15 is 0 Å². The fourth-order valence-electron chi connectivity index (χ4n) is 2.10. The van der Waals surface area contributed by atoms with E-state index in [0.29, 0.717) is 13.2 Å². The second-order valence-electron chi connectivity index (χ2n) is 4.92. The van der Waals surface area contributed by atoms with Gasteiger partial charge in [-0.15, -0.1) is 0 Å². The van der Waals surface area contributed by atoms with Gasteiger partial charge in [0.05, 0.1) is 0 Å². The highest BCUT2D eigenvalue weighted by Crippen LogP contribution is 2.31. The lowest BCUT2D eigenvalue weighted by Crippen LogP contribution is -2.02. The van der Waals surface area contributed by atoms with Crippen molar-refractivity contribution in [1.82, 2.24) is 0 Å². The van der Waals surface area contributed by atoms with E-state index in [1.54, 1.807) is 0 Å². The van der Waals surface area contributed by atoms with E-state index < -0.39 is 0 Å². The van der Waals surface area contributed by atoms with Crippen LogP contribution in [0.15, 0.2) is 30.4 Å². The highest BCUT2D eigenvalue weighted by molar-refractivity contribution is 5.44. The Morgan fingerprint density at radius 3 is 2.61 bits per heavy atom. The van der Waals surface area contributed by atoms with Crippen molar-refractivity contribution in [2.75, 3.05) is 13.2 Å². The van der Waals surface area contributed by atoms with Crippen molar-refractivity contribution in [3.63, 3.8) is 0 Å². The molecule has 1 aliphatic heterocycles. The molecule has 0 fully saturated rings. The Bertz CT molecular complexity index is 410. The van der Waals surface area contributed by atoms with Crippen molar-refractivity contribution in [2.45, 2.75) is 39.0 Å². The van der Waals surface area contributed by atoms with Gasteiger partial charge in [0.1, 0.15) is 13.2 Å². The molecule has 0 atom stereocenters. The number of hydrogen-bond donors (Lipinski definition) is 0. The maximum absolute atomic E-state index is 5.70. The van der Waals surface area contributed by atoms with Gasteiger partial charge < -0.3 is 9.47 Å². The van der Waals surface area contributed by atoms with Gasteiger partial charge in [0.15, 0.2) is 11.5 Å². The maximum atomic E-state index is 5.70. The van der Waals surface area contributed by atoms with Crippen molar-refractivity contribution in [3.8, 4) is 11.5 Å². The molecule has 0 radical (unpaired) electrons. The van der Waals surface area contributed by atoms with Crippen LogP contribution in [0.25, 0.3) is 0 Å². The lowest BCUT2D eigenvalue weighted by atomic mass is 10.1. The smallest absolute Gasteiger partial charge is 0.161 e. The second-order valence-corrected chi connectivity index (χ2v) is 4.92. The standard InChI is InChI=1S/C16H22O2/c1-3-4-5-6-7-14-8-9-15-16(10-14)18-12-13(2)11-17-15/h8-10H,2-7,11-12H2,1H3. The molecule has 0 spiro atoms. The summed E-state index contributed by atoms with van der Waals surface area (Å²) in [5, 5.41) is 0. The lowest BCUT2D eigenvalue weighted by Gasteiger charge is -2.09. The van der Waals surface area contributed by atoms with Gasteiger partial charge in [0.2, 0.25) is 0 Å². The van der Waals surface area contributed by atoms with Crippen LogP contribution in [-0.4, -0.2) is 13.2 Å². The Balaban J connectivity index is 1.96. The molecule has 18 heavy (non-hydrogen) atoms. The van der Waals surface area contributed by atoms with Crippen molar-refractivity contribution in [2.24, 2.45) is 0 Å². The second kappa shape index (κ2) is 6.48. The number of ether oxygens (including phenoxy) is 2. The SMILES string of the molecule is C=C1COc2ccc(CCCCCC)cc2OC1. The molecule has 0 bridgehead atoms. The normalized spacial score (nSPS) is 14.4. The zero-order chi connectivity index (χ0) is 12.8. The first-order valence-electron chi connectivity index (χ1n) is 6.84. The molecule has 1 aromatic rings. The summed E-state index contributed by atoms with van der Waals surface area (Å²) in [6.45, 7) is 7.26. The third-order valence-electron chi connectivity index (χ3n) is 3.19. The molecular weight excluding hydrogens is 224 g/mol. The first-order valence-corrected chi connectivity index (χ1v) is 6.84. The summed E-state index contributed by atoms with van der Waals surface area (Å²) in [6.07, 6.45) is 6.28. The van der Waals surface area contributed by atoms with Gasteiger partial charge in [-0.05, 0) is 36.1 Å². The van der Waals surface area contributed by atoms with Crippen LogP contribution in [-0.2, 0) is 6.42 Å². The van der Waals surface area contributed by atoms with Crippen molar-refractivity contribution < 1.29 is 9.47 Å². The van der Waals surface area contributed by atoms with E-state index in [9.17, 15) is 0 Å². The summed E-state index contributed by atoms with van der Waals surface area (Å²) in [6, 6.07) is 6.27. The summed E-state index contributed by atoms with van der Waals surface area (Å²) in [5.41, 5.74) is 2.32. The van der Waals surface area contributed by atoms with E-state index in [4.69, 9.17) is 9.47 Å². The molecule has 0 aromatic heterocycles. The third-order valence-corrected chi connectivity index (χ3v) is 3.19. The average molecular weight is 246 g/mol. The van der Waals surface area contributed by atoms with Crippen LogP contribution in [0.1, 0.15) is 38.2 Å². The summed E-state index contributed by atoms with van der Waals surface area (Å²) in [5.74, 6) is 1.70. The Labute approximate surface area is 110 Å². The fraction of sp³-hybridized carbons (Fsp3) is 0.500. The van der Waals surface area contributed by atoms with Gasteiger partial charge in [-0.2, -0.15) is 0 Å². The number of rotatable bonds is 5. The Morgan fingerprint density at radius 2 is 1.83 bits per heavy atom. The summed E-state index contributed by atoms with van der Waals surface area (Å²) >= 11 is 0. The number of fused-ring (bicyclic) bond motifs is 1. The predicted molar refractivity (Wildman–Crippen MR) is 74.4 cm³/mol. The molecule has 1 heterocycles. The first kappa shape index (κ1) is 13.0. The molecule has 0 saturated heterocycles. The van der Waals surface area contributed by atoms with Crippen molar-refractivity contribution in [3.05, 3.63) is 35.9 Å². The summed E-state index contributed by atoms with van der Waals surface area (Å²) < 4.78 is 11.3. The van der Waals surface area contributed by atoms with Crippen LogP contribution in [0.2, 0.25) is 0 Å². The zero-order valence-corrected chi connectivity index (χ0v) is 11.2. The van der Waals surface area contributed by atoms with Crippen LogP contribution in [0.3, 0.4) is 0 Å². The van der Waals surface area contributed by atoms with Gasteiger partial charge in [0, 0.05) is 0 Å². The van der Waals surface area contributed by atoms with E-state index in [1.807, 2.05) is 6.07 Å². The van der Waals surface area contributed by atoms with Gasteiger partial charge in [-0.3, -0.25) is 0 Å². The average Bonchev–Trinajstić information content (AvgIpc) is 2.57. The highest BCUT2D eigenvalue weighted by atomic mass is 16.5. The van der Waals surface area contributed by atoms with Gasteiger partial charge >= 0.3 is 0 Å². The molecule has 1 aromatic carbocycles. The molecule has 0 N–H and O–H groups in total. The molecular formula is C16H22O2. The topological polar surface area (TPSA) is 18.5 Å². The quantitative estimate of drug-likeness (QED) is 0.574. The third kappa shape index (κ3) is 3.52. The predicted octanol–water partition coefficient (Wildman–Crippen LogP) is 4.14. The van der Waals surface area contributed by atoms with Crippen molar-refractivity contribution >= 4 is 0 Å². The van der Waals surface area contributed by atoms with Crippen LogP contribution >= 0.6 is 0 Å². The molecule has 0 unspecified atom stereocenters. The maximum Gasteiger partial charge on any atom is 0.161 e. The minimum atomic E-state index is 0.558. The Hall–Kier alpha value is -1.44. The number of hydrogen-bond acceptors (Lipinski definition) is 2. The Kier molecular flexibility index (Phi) is 4.68. The van der Waals surface area contributed by atoms with Crippen LogP contribution in [0.5, 0.6) is 11.5 Å². The summed E-state index contributed by atoms with van der Waals surface area (Å²) in [7, 11) is 0. The van der Waals surface area contributed by atoms with Crippen LogP contribution in [0, 0.1) is 0 Å². The number of benzene rings is 1. The van der Waals surface area contributed by atoms with E-state index in [-0.39, 0.29) is 0 Å². The van der Waals surface area contributed by atoms with E-state index in [1.165, 1.54) is 31.2 Å². The zero-order valence-electron chi connectivity index (χ0n) is 11.2. The molecule has 2 rings (SSSR count). The lowest BCUT2D eigenvalue weighted by molar-refractivity contribution is 0.354. The molecule has 1 aliphatic rings. The molecule has 0 saturated carbocycles. The van der Waals surface area contributed by atoms with E-state index in [2.05, 4.69) is 25.6 Å². The van der Waals surface area contributed by atoms with Gasteiger partial charge in [-0.25, -0.2) is 0 Å². The Morgan fingerprint density at radius 1 is 1.06 bits per heavy atom. The monoisotopic (exact) mass is 246 g/mol. The first-order chi connectivity index (χ1) is 8.79. The molecule has 98 valence electrons. The fourth-order valence-corrected chi connectivity index (χ4v) is 2.10. The molecule has 2 heteroatoms. The largest absolute Gasteiger partial charge is 0.485 e. The molecule has 0 aliphatic carbocycles. The summed E-state index contributed by atoms with van der Waals surface area (Å²) in [4.78, 5) is 0. The van der Waals surface area contributed by atoms with E-state index in [0.717, 1.165) is 23.5 Å². The number of unbranched alkanes of at least 4 members (excludes halogenated alkanes) is 3. The van der Waals surface area contributed by atoms with Crippen molar-refractivity contribution in [1.29, 1.82) is 0 Å². The highest BCUT2D eigenvalue weighted by Gasteiger charge is 2.12.